The minimum atomic E-state index is -3.95. The van der Waals surface area contributed by atoms with Gasteiger partial charge in [-0.15, -0.1) is 0 Å². The van der Waals surface area contributed by atoms with Crippen molar-refractivity contribution in [3.63, 3.8) is 0 Å². The molecule has 0 spiro atoms. The number of ether oxygens (including phenoxy) is 1. The van der Waals surface area contributed by atoms with E-state index in [1.165, 1.54) is 8.96 Å². The first-order chi connectivity index (χ1) is 12.7. The van der Waals surface area contributed by atoms with Gasteiger partial charge in [-0.3, -0.25) is 0 Å². The molecule has 0 amide bonds. The van der Waals surface area contributed by atoms with Crippen LogP contribution < -0.4 is 4.74 Å². The number of allylic oxidation sites excluding steroid dienone is 2. The average molecular weight is 433 g/mol. The van der Waals surface area contributed by atoms with Gasteiger partial charge in [0.2, 0.25) is 0 Å². The van der Waals surface area contributed by atoms with Crippen molar-refractivity contribution in [2.45, 2.75) is 27.7 Å². The monoisotopic (exact) mass is 432 g/mol. The molecule has 3 heterocycles. The summed E-state index contributed by atoms with van der Waals surface area (Å²) >= 11 is 3.47. The quantitative estimate of drug-likeness (QED) is 0.588. The van der Waals surface area contributed by atoms with E-state index in [9.17, 15) is 0 Å². The summed E-state index contributed by atoms with van der Waals surface area (Å²) in [5.41, 5.74) is 5.63. The smallest absolute Gasteiger partial charge is 0.496 e. The molecule has 0 bridgehead atoms. The first-order valence-corrected chi connectivity index (χ1v) is 9.58. The van der Waals surface area contributed by atoms with Crippen molar-refractivity contribution in [1.29, 1.82) is 0 Å². The third-order valence-electron chi connectivity index (χ3n) is 5.37. The van der Waals surface area contributed by atoms with Crippen LogP contribution in [0.3, 0.4) is 0 Å². The zero-order chi connectivity index (χ0) is 19.7. The van der Waals surface area contributed by atoms with E-state index in [1.54, 1.807) is 21.0 Å². The molecule has 7 heteroatoms. The van der Waals surface area contributed by atoms with Crippen LogP contribution in [0, 0.1) is 13.8 Å². The summed E-state index contributed by atoms with van der Waals surface area (Å²) in [4.78, 5) is 0. The van der Waals surface area contributed by atoms with Crippen LogP contribution in [0.4, 0.5) is 8.63 Å². The van der Waals surface area contributed by atoms with E-state index in [0.717, 1.165) is 26.7 Å². The topological polar surface area (TPSA) is 17.2 Å². The highest BCUT2D eigenvalue weighted by atomic mass is 79.9. The third-order valence-corrected chi connectivity index (χ3v) is 6.03. The molecule has 3 nitrogen and oxygen atoms in total. The zero-order valence-electron chi connectivity index (χ0n) is 15.9. The molecule has 140 valence electrons. The van der Waals surface area contributed by atoms with E-state index in [1.807, 2.05) is 44.2 Å². The van der Waals surface area contributed by atoms with E-state index in [0.29, 0.717) is 28.5 Å². The molecule has 0 aliphatic carbocycles. The zero-order valence-corrected chi connectivity index (χ0v) is 17.5. The van der Waals surface area contributed by atoms with Gasteiger partial charge in [0.05, 0.1) is 17.2 Å². The van der Waals surface area contributed by atoms with Gasteiger partial charge in [-0.05, 0) is 71.7 Å². The maximum absolute atomic E-state index is 15.6. The van der Waals surface area contributed by atoms with Gasteiger partial charge < -0.3 is 22.3 Å². The predicted octanol–water partition coefficient (Wildman–Crippen LogP) is 5.31. The SMILES string of the molecule is COc1cc(C2=C3C(C)=CC(C)=[N+]3[B-](F)(F)n3c(C)cc(C)c32)ccc1Br. The van der Waals surface area contributed by atoms with Crippen LogP contribution in [0.1, 0.15) is 36.4 Å². The van der Waals surface area contributed by atoms with E-state index in [4.69, 9.17) is 4.74 Å². The van der Waals surface area contributed by atoms with Crippen molar-refractivity contribution in [2.75, 3.05) is 7.11 Å². The van der Waals surface area contributed by atoms with Crippen molar-refractivity contribution in [2.24, 2.45) is 0 Å². The minimum Gasteiger partial charge on any atom is -0.496 e. The van der Waals surface area contributed by atoms with Crippen LogP contribution in [0.25, 0.3) is 5.57 Å². The Labute approximate surface area is 165 Å². The Hall–Kier alpha value is -2.15. The number of hydrogen-bond acceptors (Lipinski definition) is 1. The maximum Gasteiger partial charge on any atom is 0.737 e. The second kappa shape index (κ2) is 5.93. The molecule has 0 radical (unpaired) electrons. The molecule has 0 fully saturated rings. The highest BCUT2D eigenvalue weighted by Crippen LogP contribution is 2.45. The first kappa shape index (κ1) is 18.2. The van der Waals surface area contributed by atoms with Gasteiger partial charge in [0.1, 0.15) is 11.5 Å². The Kier molecular flexibility index (Phi) is 4.00. The van der Waals surface area contributed by atoms with Gasteiger partial charge in [-0.1, -0.05) is 6.07 Å². The molecule has 0 saturated heterocycles. The molecule has 27 heavy (non-hydrogen) atoms. The number of hydrogen-bond donors (Lipinski definition) is 0. The van der Waals surface area contributed by atoms with Crippen molar-refractivity contribution in [3.05, 3.63) is 68.6 Å². The van der Waals surface area contributed by atoms with E-state index >= 15 is 8.63 Å². The first-order valence-electron chi connectivity index (χ1n) is 8.79. The number of aryl methyl sites for hydroxylation is 2. The lowest BCUT2D eigenvalue weighted by molar-refractivity contribution is -0.363. The van der Waals surface area contributed by atoms with Gasteiger partial charge >= 0.3 is 6.97 Å². The Morgan fingerprint density at radius 1 is 1.11 bits per heavy atom. The number of rotatable bonds is 2. The van der Waals surface area contributed by atoms with E-state index < -0.39 is 6.97 Å². The van der Waals surface area contributed by atoms with Crippen LogP contribution in [0.5, 0.6) is 5.75 Å². The van der Waals surface area contributed by atoms with Crippen molar-refractivity contribution in [3.8, 4) is 5.75 Å². The van der Waals surface area contributed by atoms with E-state index in [2.05, 4.69) is 15.9 Å². The molecule has 0 unspecified atom stereocenters. The second-order valence-electron chi connectivity index (χ2n) is 7.19. The van der Waals surface area contributed by atoms with Gasteiger partial charge in [-0.2, -0.15) is 0 Å². The fourth-order valence-electron chi connectivity index (χ4n) is 4.39. The molecular weight excluding hydrogens is 413 g/mol. The van der Waals surface area contributed by atoms with Crippen molar-refractivity contribution in [1.82, 2.24) is 4.48 Å². The summed E-state index contributed by atoms with van der Waals surface area (Å²) in [7, 11) is 1.60. The summed E-state index contributed by atoms with van der Waals surface area (Å²) < 4.78 is 39.8. The molecule has 0 saturated carbocycles. The number of benzene rings is 1. The van der Waals surface area contributed by atoms with Gasteiger partial charge in [-0.25, -0.2) is 0 Å². The molecule has 2 aromatic rings. The Bertz CT molecular complexity index is 1100. The summed E-state index contributed by atoms with van der Waals surface area (Å²) in [6.07, 6.45) is 1.83. The minimum absolute atomic E-state index is 0.561. The van der Waals surface area contributed by atoms with Crippen LogP contribution in [0.15, 0.2) is 46.1 Å². The number of fused-ring (bicyclic) bond motifs is 2. The summed E-state index contributed by atoms with van der Waals surface area (Å²) in [6, 6.07) is 7.56. The highest BCUT2D eigenvalue weighted by molar-refractivity contribution is 9.10. The van der Waals surface area contributed by atoms with Crippen LogP contribution in [-0.4, -0.2) is 28.8 Å². The molecule has 0 N–H and O–H groups in total. The van der Waals surface area contributed by atoms with Crippen LogP contribution >= 0.6 is 15.9 Å². The Morgan fingerprint density at radius 3 is 2.48 bits per heavy atom. The Balaban J connectivity index is 2.15. The standard InChI is InChI=1S/C20H20BBrF2N2O/c1-11-8-13(3)25-19(11)18(15-6-7-16(22)17(10-15)27-5)20-12(2)9-14(4)26(20)21(25,23)24/h6-10H,1-5H3. The van der Waals surface area contributed by atoms with Crippen molar-refractivity contribution < 1.29 is 17.9 Å². The van der Waals surface area contributed by atoms with Crippen LogP contribution in [-0.2, 0) is 0 Å². The lowest BCUT2D eigenvalue weighted by Crippen LogP contribution is -2.51. The van der Waals surface area contributed by atoms with Gasteiger partial charge in [0.15, 0.2) is 5.70 Å². The molecule has 1 aromatic carbocycles. The lowest BCUT2D eigenvalue weighted by atomic mass is 9.84. The molecule has 4 rings (SSSR count). The molecule has 2 aliphatic rings. The summed E-state index contributed by atoms with van der Waals surface area (Å²) in [6.45, 7) is 3.31. The molecular formula is C20H20BBrF2N2O. The summed E-state index contributed by atoms with van der Waals surface area (Å²) in [5.74, 6) is 0.669. The Morgan fingerprint density at radius 2 is 1.81 bits per heavy atom. The fraction of sp³-hybridized carbons (Fsp3) is 0.250. The number of halogens is 3. The van der Waals surface area contributed by atoms with Crippen molar-refractivity contribution >= 4 is 34.2 Å². The highest BCUT2D eigenvalue weighted by Gasteiger charge is 2.55. The van der Waals surface area contributed by atoms with E-state index in [-0.39, 0.29) is 0 Å². The fourth-order valence-corrected chi connectivity index (χ4v) is 4.80. The van der Waals surface area contributed by atoms with Gasteiger partial charge in [0.25, 0.3) is 0 Å². The number of methoxy groups -OCH3 is 1. The van der Waals surface area contributed by atoms with Gasteiger partial charge in [0, 0.05) is 24.3 Å². The average Bonchev–Trinajstić information content (AvgIpc) is 3.06. The number of aromatic nitrogens is 1. The lowest BCUT2D eigenvalue weighted by Gasteiger charge is -2.34. The number of nitrogens with zero attached hydrogens (tertiary/aromatic N) is 2. The molecule has 0 atom stereocenters. The maximum atomic E-state index is 15.6. The third kappa shape index (κ3) is 2.40. The normalized spacial score (nSPS) is 17.9. The molecule has 1 aromatic heterocycles. The second-order valence-corrected chi connectivity index (χ2v) is 8.04. The summed E-state index contributed by atoms with van der Waals surface area (Å²) in [5, 5.41) is 0. The molecule has 2 aliphatic heterocycles. The van der Waals surface area contributed by atoms with Crippen LogP contribution in [0.2, 0.25) is 0 Å². The largest absolute Gasteiger partial charge is 0.737 e. The predicted molar refractivity (Wildman–Crippen MR) is 109 cm³/mol.